The monoisotopic (exact) mass is 190 g/mol. The largest absolute Gasteiger partial charge is 0.461 e. The van der Waals surface area contributed by atoms with Gasteiger partial charge in [-0.05, 0) is 31.0 Å². The lowest BCUT2D eigenvalue weighted by atomic mass is 10.1. The lowest BCUT2D eigenvalue weighted by Gasteiger charge is -1.93. The minimum Gasteiger partial charge on any atom is -0.461 e. The van der Waals surface area contributed by atoms with E-state index in [-0.39, 0.29) is 0 Å². The summed E-state index contributed by atoms with van der Waals surface area (Å²) >= 11 is 0. The van der Waals surface area contributed by atoms with Gasteiger partial charge in [0, 0.05) is 5.39 Å². The van der Waals surface area contributed by atoms with Crippen LogP contribution in [-0.2, 0) is 6.42 Å². The number of fused-ring (bicyclic) bond motifs is 1. The lowest BCUT2D eigenvalue weighted by molar-refractivity contribution is 0.578. The number of furan rings is 1. The molecule has 0 saturated heterocycles. The summed E-state index contributed by atoms with van der Waals surface area (Å²) < 4.78 is 5.51. The maximum Gasteiger partial charge on any atom is 0.134 e. The summed E-state index contributed by atoms with van der Waals surface area (Å²) in [6.45, 7) is 8.13. The van der Waals surface area contributed by atoms with E-state index in [0.717, 1.165) is 17.8 Å². The molecular weight excluding hydrogens is 172 g/mol. The molecule has 1 aromatic carbocycles. The molecule has 1 aromatic heterocycles. The molecule has 0 aliphatic carbocycles. The molecule has 0 amide bonds. The molecule has 0 fully saturated rings. The maximum atomic E-state index is 5.51. The molecule has 0 N–H and O–H groups in total. The predicted molar refractivity (Wildman–Crippen MR) is 61.7 cm³/mol. The van der Waals surface area contributed by atoms with Gasteiger partial charge in [-0.2, -0.15) is 0 Å². The van der Waals surface area contributed by atoms with Gasteiger partial charge in [-0.25, -0.2) is 0 Å². The molecule has 0 bridgehead atoms. The van der Waals surface area contributed by atoms with Gasteiger partial charge in [0.1, 0.15) is 11.3 Å². The molecule has 14 heavy (non-hydrogen) atoms. The summed E-state index contributed by atoms with van der Waals surface area (Å²) in [4.78, 5) is 0. The molecule has 0 aliphatic heterocycles. The molecule has 1 nitrogen and oxygen atoms in total. The maximum absolute atomic E-state index is 5.51. The Morgan fingerprint density at radius 1 is 1.14 bits per heavy atom. The third kappa shape index (κ3) is 2.16. The van der Waals surface area contributed by atoms with Crippen molar-refractivity contribution in [3.63, 3.8) is 0 Å². The normalized spacial score (nSPS) is 9.71. The standard InChI is InChI=1S/C11H12O.C2H6/c1-3-9-4-5-10-6-8(2)12-11(10)7-9;1-2/h4-7H,3H2,1-2H3;1-2H3. The second kappa shape index (κ2) is 4.85. The van der Waals surface area contributed by atoms with Gasteiger partial charge < -0.3 is 4.42 Å². The molecule has 0 saturated carbocycles. The summed E-state index contributed by atoms with van der Waals surface area (Å²) in [7, 11) is 0. The highest BCUT2D eigenvalue weighted by atomic mass is 16.3. The zero-order valence-corrected chi connectivity index (χ0v) is 9.42. The third-order valence-corrected chi connectivity index (χ3v) is 2.12. The first-order valence-corrected chi connectivity index (χ1v) is 5.28. The van der Waals surface area contributed by atoms with E-state index in [4.69, 9.17) is 4.42 Å². The molecule has 0 atom stereocenters. The fourth-order valence-corrected chi connectivity index (χ4v) is 1.43. The molecule has 2 aromatic rings. The van der Waals surface area contributed by atoms with E-state index in [1.54, 1.807) is 0 Å². The van der Waals surface area contributed by atoms with Crippen LogP contribution in [0.25, 0.3) is 11.0 Å². The minimum atomic E-state index is 0.984. The fraction of sp³-hybridized carbons (Fsp3) is 0.385. The summed E-state index contributed by atoms with van der Waals surface area (Å²) in [6, 6.07) is 8.44. The summed E-state index contributed by atoms with van der Waals surface area (Å²) in [6.07, 6.45) is 1.07. The molecule has 1 heterocycles. The van der Waals surface area contributed by atoms with Crippen molar-refractivity contribution in [2.24, 2.45) is 0 Å². The van der Waals surface area contributed by atoms with Crippen molar-refractivity contribution in [2.75, 3.05) is 0 Å². The molecular formula is C13H18O. The topological polar surface area (TPSA) is 13.1 Å². The first-order chi connectivity index (χ1) is 6.79. The van der Waals surface area contributed by atoms with Crippen molar-refractivity contribution in [3.8, 4) is 0 Å². The van der Waals surface area contributed by atoms with Crippen molar-refractivity contribution >= 4 is 11.0 Å². The van der Waals surface area contributed by atoms with E-state index < -0.39 is 0 Å². The van der Waals surface area contributed by atoms with E-state index >= 15 is 0 Å². The Hall–Kier alpha value is -1.24. The smallest absolute Gasteiger partial charge is 0.134 e. The van der Waals surface area contributed by atoms with Gasteiger partial charge in [0.05, 0.1) is 0 Å². The van der Waals surface area contributed by atoms with E-state index in [1.807, 2.05) is 20.8 Å². The molecule has 2 rings (SSSR count). The number of rotatable bonds is 1. The van der Waals surface area contributed by atoms with Crippen molar-refractivity contribution in [1.29, 1.82) is 0 Å². The van der Waals surface area contributed by atoms with Gasteiger partial charge in [0.2, 0.25) is 0 Å². The van der Waals surface area contributed by atoms with E-state index in [0.29, 0.717) is 0 Å². The first-order valence-electron chi connectivity index (χ1n) is 5.28. The Morgan fingerprint density at radius 3 is 2.50 bits per heavy atom. The van der Waals surface area contributed by atoms with Gasteiger partial charge in [-0.3, -0.25) is 0 Å². The van der Waals surface area contributed by atoms with E-state index in [1.165, 1.54) is 10.9 Å². The number of aryl methyl sites for hydroxylation is 2. The second-order valence-corrected chi connectivity index (χ2v) is 3.08. The Morgan fingerprint density at radius 2 is 1.86 bits per heavy atom. The van der Waals surface area contributed by atoms with Crippen LogP contribution in [0.1, 0.15) is 32.1 Å². The van der Waals surface area contributed by atoms with Gasteiger partial charge in [0.25, 0.3) is 0 Å². The quantitative estimate of drug-likeness (QED) is 0.652. The molecule has 1 heteroatoms. The van der Waals surface area contributed by atoms with Crippen molar-refractivity contribution in [3.05, 3.63) is 35.6 Å². The Labute approximate surface area is 85.7 Å². The van der Waals surface area contributed by atoms with Crippen molar-refractivity contribution < 1.29 is 4.42 Å². The molecule has 0 unspecified atom stereocenters. The highest BCUT2D eigenvalue weighted by Gasteiger charge is 1.99. The summed E-state index contributed by atoms with van der Waals surface area (Å²) in [5, 5.41) is 1.20. The van der Waals surface area contributed by atoms with Crippen LogP contribution in [0.15, 0.2) is 28.7 Å². The summed E-state index contributed by atoms with van der Waals surface area (Å²) in [5.74, 6) is 0.984. The van der Waals surface area contributed by atoms with Gasteiger partial charge in [-0.1, -0.05) is 32.9 Å². The van der Waals surface area contributed by atoms with Crippen LogP contribution in [0.2, 0.25) is 0 Å². The highest BCUT2D eigenvalue weighted by Crippen LogP contribution is 2.20. The fourth-order valence-electron chi connectivity index (χ4n) is 1.43. The average Bonchev–Trinajstić information content (AvgIpc) is 2.59. The van der Waals surface area contributed by atoms with Gasteiger partial charge in [0.15, 0.2) is 0 Å². The van der Waals surface area contributed by atoms with Crippen LogP contribution in [0.4, 0.5) is 0 Å². The van der Waals surface area contributed by atoms with Crippen LogP contribution in [0.3, 0.4) is 0 Å². The molecule has 76 valence electrons. The Bertz CT molecular complexity index is 399. The van der Waals surface area contributed by atoms with Crippen LogP contribution in [0.5, 0.6) is 0 Å². The number of hydrogen-bond donors (Lipinski definition) is 0. The third-order valence-electron chi connectivity index (χ3n) is 2.12. The Kier molecular flexibility index (Phi) is 3.75. The van der Waals surface area contributed by atoms with Gasteiger partial charge >= 0.3 is 0 Å². The zero-order chi connectivity index (χ0) is 10.6. The van der Waals surface area contributed by atoms with Crippen LogP contribution in [0, 0.1) is 6.92 Å². The minimum absolute atomic E-state index is 0.984. The molecule has 0 radical (unpaired) electrons. The van der Waals surface area contributed by atoms with Crippen molar-refractivity contribution in [1.82, 2.24) is 0 Å². The lowest BCUT2D eigenvalue weighted by Crippen LogP contribution is -1.76. The SMILES string of the molecule is CC.CCc1ccc2cc(C)oc2c1. The summed E-state index contributed by atoms with van der Waals surface area (Å²) in [5.41, 5.74) is 2.34. The second-order valence-electron chi connectivity index (χ2n) is 3.08. The highest BCUT2D eigenvalue weighted by molar-refractivity contribution is 5.78. The van der Waals surface area contributed by atoms with E-state index in [9.17, 15) is 0 Å². The number of benzene rings is 1. The zero-order valence-electron chi connectivity index (χ0n) is 9.42. The molecule has 0 spiro atoms. The van der Waals surface area contributed by atoms with Crippen LogP contribution in [-0.4, -0.2) is 0 Å². The average molecular weight is 190 g/mol. The van der Waals surface area contributed by atoms with Crippen LogP contribution >= 0.6 is 0 Å². The van der Waals surface area contributed by atoms with Gasteiger partial charge in [-0.15, -0.1) is 0 Å². The van der Waals surface area contributed by atoms with Crippen LogP contribution < -0.4 is 0 Å². The predicted octanol–water partition coefficient (Wildman–Crippen LogP) is 4.33. The molecule has 0 aliphatic rings. The van der Waals surface area contributed by atoms with E-state index in [2.05, 4.69) is 31.2 Å². The van der Waals surface area contributed by atoms with Crippen molar-refractivity contribution in [2.45, 2.75) is 34.1 Å². The number of hydrogen-bond acceptors (Lipinski definition) is 1. The first kappa shape index (κ1) is 10.8. The Balaban J connectivity index is 0.000000461.